The van der Waals surface area contributed by atoms with Crippen LogP contribution in [0.4, 0.5) is 0 Å². The summed E-state index contributed by atoms with van der Waals surface area (Å²) in [6.45, 7) is 1.95. The Hall–Kier alpha value is -2.58. The Morgan fingerprint density at radius 2 is 2.30 bits per heavy atom. The summed E-state index contributed by atoms with van der Waals surface area (Å²) in [5.41, 5.74) is 2.68. The average Bonchev–Trinajstić information content (AvgIpc) is 2.96. The van der Waals surface area contributed by atoms with Crippen LogP contribution in [0.5, 0.6) is 0 Å². The number of aryl methyl sites for hydroxylation is 1. The zero-order chi connectivity index (χ0) is 14.4. The number of aliphatic hydroxyl groups is 1. The molecule has 0 fully saturated rings. The second-order valence-electron chi connectivity index (χ2n) is 4.18. The predicted octanol–water partition coefficient (Wildman–Crippen LogP) is 1.26. The van der Waals surface area contributed by atoms with Crippen LogP contribution in [0.15, 0.2) is 35.1 Å². The Balaban J connectivity index is 2.17. The lowest BCUT2D eigenvalue weighted by atomic mass is 10.0. The molecule has 2 aromatic rings. The van der Waals surface area contributed by atoms with Crippen molar-refractivity contribution in [2.75, 3.05) is 6.61 Å². The van der Waals surface area contributed by atoms with Crippen molar-refractivity contribution in [1.29, 1.82) is 0 Å². The van der Waals surface area contributed by atoms with E-state index in [0.717, 1.165) is 5.56 Å². The summed E-state index contributed by atoms with van der Waals surface area (Å²) in [6, 6.07) is 7.08. The van der Waals surface area contributed by atoms with E-state index in [1.54, 1.807) is 18.2 Å². The van der Waals surface area contributed by atoms with Gasteiger partial charge < -0.3 is 14.9 Å². The maximum atomic E-state index is 12.2. The summed E-state index contributed by atoms with van der Waals surface area (Å²) in [4.78, 5) is 12.2. The van der Waals surface area contributed by atoms with Crippen LogP contribution in [0, 0.1) is 18.8 Å². The summed E-state index contributed by atoms with van der Waals surface area (Å²) in [5, 5.41) is 15.2. The molecule has 1 amide bonds. The molecule has 20 heavy (non-hydrogen) atoms. The third kappa shape index (κ3) is 3.46. The lowest BCUT2D eigenvalue weighted by Gasteiger charge is -2.06. The van der Waals surface area contributed by atoms with Crippen molar-refractivity contribution in [2.45, 2.75) is 13.5 Å². The number of carbonyl (C=O) groups is 1. The van der Waals surface area contributed by atoms with E-state index in [9.17, 15) is 4.79 Å². The average molecular weight is 270 g/mol. The number of hydrogen-bond acceptors (Lipinski definition) is 4. The van der Waals surface area contributed by atoms with E-state index in [4.69, 9.17) is 9.63 Å². The van der Waals surface area contributed by atoms with Gasteiger partial charge in [0.25, 0.3) is 5.91 Å². The summed E-state index contributed by atoms with van der Waals surface area (Å²) in [7, 11) is 0. The first-order valence-electron chi connectivity index (χ1n) is 6.08. The molecule has 2 N–H and O–H groups in total. The SMILES string of the molecule is Cc1ccc(C#CCO)c(C(=O)NCc2ccon2)c1. The topological polar surface area (TPSA) is 75.4 Å². The molecule has 0 saturated heterocycles. The van der Waals surface area contributed by atoms with Crippen molar-refractivity contribution >= 4 is 5.91 Å². The third-order valence-electron chi connectivity index (χ3n) is 2.64. The van der Waals surface area contributed by atoms with E-state index in [1.807, 2.05) is 13.0 Å². The Bertz CT molecular complexity index is 651. The molecule has 0 aliphatic rings. The fourth-order valence-electron chi connectivity index (χ4n) is 1.68. The summed E-state index contributed by atoms with van der Waals surface area (Å²) < 4.78 is 4.70. The smallest absolute Gasteiger partial charge is 0.252 e. The molecular weight excluding hydrogens is 256 g/mol. The molecule has 5 heteroatoms. The number of amides is 1. The molecule has 0 radical (unpaired) electrons. The molecule has 0 aliphatic heterocycles. The van der Waals surface area contributed by atoms with Gasteiger partial charge in [-0.25, -0.2) is 0 Å². The van der Waals surface area contributed by atoms with Crippen LogP contribution in [-0.4, -0.2) is 22.8 Å². The first kappa shape index (κ1) is 13.8. The summed E-state index contributed by atoms with van der Waals surface area (Å²) in [6.07, 6.45) is 1.45. The van der Waals surface area contributed by atoms with E-state index >= 15 is 0 Å². The van der Waals surface area contributed by atoms with Crippen molar-refractivity contribution in [3.8, 4) is 11.8 Å². The van der Waals surface area contributed by atoms with Gasteiger partial charge in [0.15, 0.2) is 0 Å². The van der Waals surface area contributed by atoms with Gasteiger partial charge in [0.05, 0.1) is 12.1 Å². The first-order chi connectivity index (χ1) is 9.70. The molecule has 5 nitrogen and oxygen atoms in total. The third-order valence-corrected chi connectivity index (χ3v) is 2.64. The van der Waals surface area contributed by atoms with Gasteiger partial charge in [-0.15, -0.1) is 0 Å². The standard InChI is InChI=1S/C15H14N2O3/c1-11-4-5-12(3-2-7-18)14(9-11)15(19)16-10-13-6-8-20-17-13/h4-6,8-9,18H,7,10H2,1H3,(H,16,19). The van der Waals surface area contributed by atoms with Gasteiger partial charge in [-0.2, -0.15) is 0 Å². The van der Waals surface area contributed by atoms with Gasteiger partial charge in [0.1, 0.15) is 18.6 Å². The molecule has 0 unspecified atom stereocenters. The maximum absolute atomic E-state index is 12.2. The van der Waals surface area contributed by atoms with Crippen molar-refractivity contribution in [1.82, 2.24) is 10.5 Å². The fraction of sp³-hybridized carbons (Fsp3) is 0.200. The van der Waals surface area contributed by atoms with Crippen molar-refractivity contribution in [3.63, 3.8) is 0 Å². The van der Waals surface area contributed by atoms with Crippen molar-refractivity contribution < 1.29 is 14.4 Å². The number of nitrogens with zero attached hydrogens (tertiary/aromatic N) is 1. The number of benzene rings is 1. The van der Waals surface area contributed by atoms with Gasteiger partial charge in [-0.1, -0.05) is 28.6 Å². The van der Waals surface area contributed by atoms with E-state index in [2.05, 4.69) is 22.3 Å². The Kier molecular flexibility index (Phi) is 4.53. The highest BCUT2D eigenvalue weighted by Crippen LogP contribution is 2.11. The molecule has 1 aromatic carbocycles. The van der Waals surface area contributed by atoms with Gasteiger partial charge in [0, 0.05) is 11.6 Å². The minimum Gasteiger partial charge on any atom is -0.384 e. The zero-order valence-electron chi connectivity index (χ0n) is 11.0. The number of aromatic nitrogens is 1. The summed E-state index contributed by atoms with van der Waals surface area (Å²) >= 11 is 0. The molecule has 2 rings (SSSR count). The van der Waals surface area contributed by atoms with Gasteiger partial charge in [-0.05, 0) is 19.1 Å². The van der Waals surface area contributed by atoms with Crippen LogP contribution in [0.3, 0.4) is 0 Å². The van der Waals surface area contributed by atoms with Crippen LogP contribution in [-0.2, 0) is 6.54 Å². The number of nitrogens with one attached hydrogen (secondary N) is 1. The lowest BCUT2D eigenvalue weighted by molar-refractivity contribution is 0.0949. The van der Waals surface area contributed by atoms with E-state index in [0.29, 0.717) is 16.8 Å². The monoisotopic (exact) mass is 270 g/mol. The zero-order valence-corrected chi connectivity index (χ0v) is 11.0. The van der Waals surface area contributed by atoms with Gasteiger partial charge in [-0.3, -0.25) is 4.79 Å². The van der Waals surface area contributed by atoms with Crippen molar-refractivity contribution in [3.05, 3.63) is 52.9 Å². The van der Waals surface area contributed by atoms with E-state index in [-0.39, 0.29) is 19.1 Å². The van der Waals surface area contributed by atoms with E-state index in [1.165, 1.54) is 6.26 Å². The number of carbonyl (C=O) groups excluding carboxylic acids is 1. The minimum atomic E-state index is -0.242. The van der Waals surface area contributed by atoms with Crippen LogP contribution < -0.4 is 5.32 Å². The highest BCUT2D eigenvalue weighted by Gasteiger charge is 2.11. The Morgan fingerprint density at radius 1 is 1.45 bits per heavy atom. The quantitative estimate of drug-likeness (QED) is 0.823. The summed E-state index contributed by atoms with van der Waals surface area (Å²) in [5.74, 6) is 5.08. The molecule has 0 spiro atoms. The highest BCUT2D eigenvalue weighted by molar-refractivity contribution is 5.96. The first-order valence-corrected chi connectivity index (χ1v) is 6.08. The second kappa shape index (κ2) is 6.55. The van der Waals surface area contributed by atoms with Crippen molar-refractivity contribution in [2.24, 2.45) is 0 Å². The normalized spacial score (nSPS) is 9.70. The molecule has 0 aliphatic carbocycles. The predicted molar refractivity (Wildman–Crippen MR) is 72.8 cm³/mol. The van der Waals surface area contributed by atoms with E-state index < -0.39 is 0 Å². The molecule has 1 aromatic heterocycles. The van der Waals surface area contributed by atoms with Crippen LogP contribution in [0.1, 0.15) is 27.2 Å². The van der Waals surface area contributed by atoms with Gasteiger partial charge in [0.2, 0.25) is 0 Å². The maximum Gasteiger partial charge on any atom is 0.252 e. The number of rotatable bonds is 3. The molecule has 102 valence electrons. The molecule has 0 saturated carbocycles. The Morgan fingerprint density at radius 3 is 3.00 bits per heavy atom. The highest BCUT2D eigenvalue weighted by atomic mass is 16.5. The molecule has 1 heterocycles. The second-order valence-corrected chi connectivity index (χ2v) is 4.18. The number of hydrogen-bond donors (Lipinski definition) is 2. The molecule has 0 atom stereocenters. The molecular formula is C15H14N2O3. The number of aliphatic hydroxyl groups excluding tert-OH is 1. The lowest BCUT2D eigenvalue weighted by Crippen LogP contribution is -2.24. The Labute approximate surface area is 116 Å². The fourth-order valence-corrected chi connectivity index (χ4v) is 1.68. The largest absolute Gasteiger partial charge is 0.384 e. The molecule has 0 bridgehead atoms. The van der Waals surface area contributed by atoms with Crippen LogP contribution in [0.25, 0.3) is 0 Å². The van der Waals surface area contributed by atoms with Crippen LogP contribution >= 0.6 is 0 Å². The van der Waals surface area contributed by atoms with Gasteiger partial charge >= 0.3 is 0 Å². The van der Waals surface area contributed by atoms with Crippen LogP contribution in [0.2, 0.25) is 0 Å². The minimum absolute atomic E-state index is 0.237.